The Morgan fingerprint density at radius 2 is 2.35 bits per heavy atom. The fraction of sp³-hybridized carbons (Fsp3) is 0.800. The second-order valence-electron chi connectivity index (χ2n) is 5.80. The minimum Gasteiger partial charge on any atom is -0.380 e. The van der Waals surface area contributed by atoms with Gasteiger partial charge in [-0.3, -0.25) is 4.90 Å². The number of aryl methyl sites for hydroxylation is 1. The van der Waals surface area contributed by atoms with E-state index >= 15 is 0 Å². The molecule has 20 heavy (non-hydrogen) atoms. The van der Waals surface area contributed by atoms with Crippen molar-refractivity contribution in [2.75, 3.05) is 26.7 Å². The lowest BCUT2D eigenvalue weighted by molar-refractivity contribution is -0.0193. The quantitative estimate of drug-likeness (QED) is 0.861. The van der Waals surface area contributed by atoms with Crippen LogP contribution in [0.3, 0.4) is 0 Å². The SMILES string of the molecule is CCCn1cncc1C(CN)N1CCC(C)C(OC)C1. The highest BCUT2D eigenvalue weighted by Gasteiger charge is 2.31. The summed E-state index contributed by atoms with van der Waals surface area (Å²) in [5, 5.41) is 0. The molecule has 0 aliphatic carbocycles. The van der Waals surface area contributed by atoms with Gasteiger partial charge in [-0.2, -0.15) is 0 Å². The molecule has 0 amide bonds. The third-order valence-electron chi connectivity index (χ3n) is 4.44. The number of piperidine rings is 1. The lowest BCUT2D eigenvalue weighted by Crippen LogP contribution is -2.47. The van der Waals surface area contributed by atoms with Gasteiger partial charge >= 0.3 is 0 Å². The van der Waals surface area contributed by atoms with E-state index in [2.05, 4.69) is 28.3 Å². The summed E-state index contributed by atoms with van der Waals surface area (Å²) in [6, 6.07) is 0.245. The predicted molar refractivity (Wildman–Crippen MR) is 80.5 cm³/mol. The van der Waals surface area contributed by atoms with E-state index in [9.17, 15) is 0 Å². The van der Waals surface area contributed by atoms with E-state index in [0.29, 0.717) is 18.6 Å². The van der Waals surface area contributed by atoms with Gasteiger partial charge in [-0.05, 0) is 25.3 Å². The van der Waals surface area contributed by atoms with E-state index in [0.717, 1.165) is 32.5 Å². The van der Waals surface area contributed by atoms with E-state index in [1.807, 2.05) is 19.6 Å². The molecule has 114 valence electrons. The van der Waals surface area contributed by atoms with Crippen LogP contribution in [0.2, 0.25) is 0 Å². The Kier molecular flexibility index (Phi) is 5.57. The fourth-order valence-corrected chi connectivity index (χ4v) is 3.14. The summed E-state index contributed by atoms with van der Waals surface area (Å²) in [4.78, 5) is 6.76. The predicted octanol–water partition coefficient (Wildman–Crippen LogP) is 1.65. The smallest absolute Gasteiger partial charge is 0.0948 e. The highest BCUT2D eigenvalue weighted by molar-refractivity contribution is 5.07. The molecule has 0 saturated carbocycles. The molecule has 1 aliphatic rings. The standard InChI is InChI=1S/C15H28N4O/c1-4-6-19-11-17-9-14(19)13(8-16)18-7-5-12(2)15(10-18)20-3/h9,11-13,15H,4-8,10,16H2,1-3H3. The number of ether oxygens (including phenoxy) is 1. The number of nitrogens with two attached hydrogens (primary N) is 1. The topological polar surface area (TPSA) is 56.3 Å². The van der Waals surface area contributed by atoms with Crippen LogP contribution in [-0.2, 0) is 11.3 Å². The Hall–Kier alpha value is -0.910. The van der Waals surface area contributed by atoms with Crippen molar-refractivity contribution in [3.05, 3.63) is 18.2 Å². The second kappa shape index (κ2) is 7.20. The summed E-state index contributed by atoms with van der Waals surface area (Å²) in [6.45, 7) is 8.12. The molecule has 1 fully saturated rings. The fourth-order valence-electron chi connectivity index (χ4n) is 3.14. The Bertz CT molecular complexity index is 406. The molecule has 5 nitrogen and oxygen atoms in total. The molecule has 2 rings (SSSR count). The maximum atomic E-state index is 6.06. The molecule has 1 saturated heterocycles. The van der Waals surface area contributed by atoms with E-state index in [-0.39, 0.29) is 6.04 Å². The first-order chi connectivity index (χ1) is 9.71. The molecule has 5 heteroatoms. The zero-order valence-corrected chi connectivity index (χ0v) is 13.0. The molecule has 1 aliphatic heterocycles. The number of aromatic nitrogens is 2. The van der Waals surface area contributed by atoms with Gasteiger partial charge in [0.1, 0.15) is 0 Å². The lowest BCUT2D eigenvalue weighted by Gasteiger charge is -2.40. The van der Waals surface area contributed by atoms with Gasteiger partial charge in [-0.15, -0.1) is 0 Å². The van der Waals surface area contributed by atoms with Gasteiger partial charge in [-0.25, -0.2) is 4.98 Å². The van der Waals surface area contributed by atoms with Crippen LogP contribution in [0.1, 0.15) is 38.4 Å². The molecule has 0 spiro atoms. The highest BCUT2D eigenvalue weighted by atomic mass is 16.5. The molecule has 3 atom stereocenters. The number of nitrogens with zero attached hydrogens (tertiary/aromatic N) is 3. The molecule has 2 heterocycles. The molecule has 1 aromatic rings. The van der Waals surface area contributed by atoms with Crippen LogP contribution < -0.4 is 5.73 Å². The van der Waals surface area contributed by atoms with Gasteiger partial charge in [0.2, 0.25) is 0 Å². The van der Waals surface area contributed by atoms with Crippen molar-refractivity contribution in [2.24, 2.45) is 11.7 Å². The van der Waals surface area contributed by atoms with Crippen molar-refractivity contribution in [2.45, 2.75) is 45.4 Å². The average molecular weight is 280 g/mol. The summed E-state index contributed by atoms with van der Waals surface area (Å²) in [6.07, 6.45) is 6.46. The molecule has 0 aromatic carbocycles. The number of imidazole rings is 1. The second-order valence-corrected chi connectivity index (χ2v) is 5.80. The van der Waals surface area contributed by atoms with E-state index in [1.54, 1.807) is 0 Å². The number of hydrogen-bond donors (Lipinski definition) is 1. The Labute approximate surface area is 122 Å². The summed E-state index contributed by atoms with van der Waals surface area (Å²) in [5.41, 5.74) is 7.29. The van der Waals surface area contributed by atoms with Crippen molar-refractivity contribution in [1.29, 1.82) is 0 Å². The van der Waals surface area contributed by atoms with Crippen LogP contribution in [0.4, 0.5) is 0 Å². The minimum atomic E-state index is 0.245. The van der Waals surface area contributed by atoms with E-state index in [4.69, 9.17) is 10.5 Å². The van der Waals surface area contributed by atoms with E-state index < -0.39 is 0 Å². The number of rotatable bonds is 6. The van der Waals surface area contributed by atoms with Crippen molar-refractivity contribution in [3.63, 3.8) is 0 Å². The van der Waals surface area contributed by atoms with Crippen LogP contribution in [0.25, 0.3) is 0 Å². The number of hydrogen-bond acceptors (Lipinski definition) is 4. The molecule has 2 N–H and O–H groups in total. The van der Waals surface area contributed by atoms with Crippen LogP contribution in [-0.4, -0.2) is 47.3 Å². The average Bonchev–Trinajstić information content (AvgIpc) is 2.90. The molecular formula is C15H28N4O. The third kappa shape index (κ3) is 3.22. The number of likely N-dealkylation sites (tertiary alicyclic amines) is 1. The molecule has 3 unspecified atom stereocenters. The van der Waals surface area contributed by atoms with E-state index in [1.165, 1.54) is 5.69 Å². The molecule has 0 radical (unpaired) electrons. The van der Waals surface area contributed by atoms with Gasteiger partial charge in [0, 0.05) is 32.9 Å². The Morgan fingerprint density at radius 1 is 1.55 bits per heavy atom. The van der Waals surface area contributed by atoms with Crippen molar-refractivity contribution >= 4 is 0 Å². The van der Waals surface area contributed by atoms with Gasteiger partial charge < -0.3 is 15.0 Å². The zero-order chi connectivity index (χ0) is 14.5. The molecule has 0 bridgehead atoms. The summed E-state index contributed by atoms with van der Waals surface area (Å²) < 4.78 is 7.85. The van der Waals surface area contributed by atoms with Crippen LogP contribution in [0.5, 0.6) is 0 Å². The van der Waals surface area contributed by atoms with Gasteiger partial charge in [-0.1, -0.05) is 13.8 Å². The van der Waals surface area contributed by atoms with Gasteiger partial charge in [0.05, 0.1) is 24.2 Å². The third-order valence-corrected chi connectivity index (χ3v) is 4.44. The zero-order valence-electron chi connectivity index (χ0n) is 13.0. The van der Waals surface area contributed by atoms with Gasteiger partial charge in [0.25, 0.3) is 0 Å². The van der Waals surface area contributed by atoms with Crippen molar-refractivity contribution in [1.82, 2.24) is 14.5 Å². The van der Waals surface area contributed by atoms with Crippen molar-refractivity contribution in [3.8, 4) is 0 Å². The highest BCUT2D eigenvalue weighted by Crippen LogP contribution is 2.27. The summed E-state index contributed by atoms with van der Waals surface area (Å²) >= 11 is 0. The van der Waals surface area contributed by atoms with Gasteiger partial charge in [0.15, 0.2) is 0 Å². The monoisotopic (exact) mass is 280 g/mol. The Morgan fingerprint density at radius 3 is 3.00 bits per heavy atom. The maximum absolute atomic E-state index is 6.06. The lowest BCUT2D eigenvalue weighted by atomic mass is 9.94. The first kappa shape index (κ1) is 15.5. The van der Waals surface area contributed by atoms with Crippen molar-refractivity contribution < 1.29 is 4.74 Å². The molecular weight excluding hydrogens is 252 g/mol. The van der Waals surface area contributed by atoms with Crippen LogP contribution >= 0.6 is 0 Å². The van der Waals surface area contributed by atoms with Crippen LogP contribution in [0, 0.1) is 5.92 Å². The number of methoxy groups -OCH3 is 1. The minimum absolute atomic E-state index is 0.245. The first-order valence-corrected chi connectivity index (χ1v) is 7.68. The summed E-state index contributed by atoms with van der Waals surface area (Å²) in [5.74, 6) is 0.621. The maximum Gasteiger partial charge on any atom is 0.0948 e. The summed E-state index contributed by atoms with van der Waals surface area (Å²) in [7, 11) is 1.81. The largest absolute Gasteiger partial charge is 0.380 e. The normalized spacial score (nSPS) is 25.8. The van der Waals surface area contributed by atoms with Crippen LogP contribution in [0.15, 0.2) is 12.5 Å². The Balaban J connectivity index is 2.13. The molecule has 1 aromatic heterocycles. The first-order valence-electron chi connectivity index (χ1n) is 7.68.